The zero-order chi connectivity index (χ0) is 27.7. The first-order valence-corrected chi connectivity index (χ1v) is 15.1. The van der Waals surface area contributed by atoms with Crippen LogP contribution < -0.4 is 14.8 Å². The summed E-state index contributed by atoms with van der Waals surface area (Å²) >= 11 is 1.25. The number of carbonyl (C=O) groups is 2. The Morgan fingerprint density at radius 2 is 1.70 bits per heavy atom. The van der Waals surface area contributed by atoms with Gasteiger partial charge in [-0.05, 0) is 89.2 Å². The highest BCUT2D eigenvalue weighted by Crippen LogP contribution is 2.29. The zero-order valence-corrected chi connectivity index (χ0v) is 23.1. The minimum atomic E-state index is -3.78. The molecular weight excluding hydrogens is 548 g/mol. The van der Waals surface area contributed by atoms with Gasteiger partial charge in [0.1, 0.15) is 12.4 Å². The summed E-state index contributed by atoms with van der Waals surface area (Å²) in [5.41, 5.74) is 6.25. The summed E-state index contributed by atoms with van der Waals surface area (Å²) in [6, 6.07) is 21.1. The summed E-state index contributed by atoms with van der Waals surface area (Å²) in [6.45, 7) is 0.393. The largest absolute Gasteiger partial charge is 0.489 e. The van der Waals surface area contributed by atoms with E-state index in [-0.39, 0.29) is 19.0 Å². The summed E-state index contributed by atoms with van der Waals surface area (Å²) in [5, 5.41) is 3.23. The fourth-order valence-corrected chi connectivity index (χ4v) is 6.73. The van der Waals surface area contributed by atoms with Crippen LogP contribution in [0.15, 0.2) is 76.6 Å². The van der Waals surface area contributed by atoms with Gasteiger partial charge in [0.15, 0.2) is 5.17 Å². The van der Waals surface area contributed by atoms with E-state index in [0.29, 0.717) is 27.9 Å². The van der Waals surface area contributed by atoms with Crippen molar-refractivity contribution < 1.29 is 22.7 Å². The number of aliphatic imine (C=N–C) groups is 1. The molecule has 0 spiro atoms. The molecule has 204 valence electrons. The summed E-state index contributed by atoms with van der Waals surface area (Å²) in [4.78, 5) is 28.9. The molecule has 2 N–H and O–H groups in total. The van der Waals surface area contributed by atoms with Gasteiger partial charge in [0.25, 0.3) is 5.91 Å². The van der Waals surface area contributed by atoms with Crippen molar-refractivity contribution in [1.29, 1.82) is 0 Å². The van der Waals surface area contributed by atoms with E-state index in [9.17, 15) is 18.0 Å². The van der Waals surface area contributed by atoms with Crippen LogP contribution in [0.25, 0.3) is 6.08 Å². The van der Waals surface area contributed by atoms with E-state index in [2.05, 4.69) is 28.5 Å². The number of benzene rings is 3. The highest BCUT2D eigenvalue weighted by Gasteiger charge is 2.33. The lowest BCUT2D eigenvalue weighted by atomic mass is 10.1. The third-order valence-electron chi connectivity index (χ3n) is 6.83. The molecule has 9 nitrogen and oxygen atoms in total. The maximum Gasteiger partial charge on any atom is 0.304 e. The molecule has 2 saturated heterocycles. The molecule has 0 aromatic heterocycles. The number of aryl methyl sites for hydroxylation is 2. The van der Waals surface area contributed by atoms with Crippen LogP contribution in [0.4, 0.5) is 5.69 Å². The molecule has 2 aliphatic heterocycles. The van der Waals surface area contributed by atoms with Crippen molar-refractivity contribution in [2.45, 2.75) is 32.4 Å². The Morgan fingerprint density at radius 1 is 0.950 bits per heavy atom. The number of fused-ring (bicyclic) bond motifs is 1. The Hall–Kier alpha value is -3.93. The molecule has 40 heavy (non-hydrogen) atoms. The van der Waals surface area contributed by atoms with Crippen LogP contribution in [0, 0.1) is 0 Å². The Balaban J connectivity index is 1.05. The SMILES string of the molecule is O=C1CN(Cc2ccc(N=C3NC(=O)/C(=C\c4ccc(OCc5ccc6c(c5)CCC6)cc4)S3)cc2)S(=O)(=O)N1. The first-order chi connectivity index (χ1) is 19.3. The molecular formula is C29H26N4O5S2. The molecule has 0 bridgehead atoms. The standard InChI is InChI=1S/C29H26N4O5S2/c34-27-17-33(40(36,37)32-27)16-20-5-10-24(11-6-20)30-29-31-28(35)26(39-29)15-19-7-12-25(13-8-19)38-18-21-4-9-22-2-1-3-23(22)14-21/h4-15H,1-3,16-18H2,(H,32,34)(H,30,31,35)/b26-15+. The first kappa shape index (κ1) is 26.3. The second-order valence-electron chi connectivity index (χ2n) is 9.76. The zero-order valence-electron chi connectivity index (χ0n) is 21.4. The molecule has 2 amide bonds. The van der Waals surface area contributed by atoms with Gasteiger partial charge >= 0.3 is 10.2 Å². The van der Waals surface area contributed by atoms with E-state index in [1.807, 2.05) is 35.1 Å². The number of ether oxygens (including phenoxy) is 1. The second kappa shape index (κ2) is 10.9. The summed E-state index contributed by atoms with van der Waals surface area (Å²) < 4.78 is 32.8. The van der Waals surface area contributed by atoms with Crippen LogP contribution in [0.3, 0.4) is 0 Å². The van der Waals surface area contributed by atoms with Gasteiger partial charge in [-0.25, -0.2) is 9.71 Å². The van der Waals surface area contributed by atoms with E-state index in [4.69, 9.17) is 4.74 Å². The van der Waals surface area contributed by atoms with Crippen LogP contribution in [0.1, 0.15) is 34.2 Å². The highest BCUT2D eigenvalue weighted by atomic mass is 32.2. The van der Waals surface area contributed by atoms with E-state index >= 15 is 0 Å². The molecule has 6 rings (SSSR count). The van der Waals surface area contributed by atoms with Gasteiger partial charge in [-0.15, -0.1) is 0 Å². The lowest BCUT2D eigenvalue weighted by Gasteiger charge is -2.12. The summed E-state index contributed by atoms with van der Waals surface area (Å²) in [6.07, 6.45) is 5.35. The molecule has 3 aliphatic rings. The summed E-state index contributed by atoms with van der Waals surface area (Å²) in [5.74, 6) is -0.00798. The van der Waals surface area contributed by atoms with Crippen molar-refractivity contribution in [3.63, 3.8) is 0 Å². The quantitative estimate of drug-likeness (QED) is 0.415. The van der Waals surface area contributed by atoms with Crippen molar-refractivity contribution >= 4 is 50.7 Å². The van der Waals surface area contributed by atoms with Crippen LogP contribution in [-0.4, -0.2) is 36.2 Å². The molecule has 11 heteroatoms. The van der Waals surface area contributed by atoms with Gasteiger partial charge in [-0.3, -0.25) is 9.59 Å². The number of amidine groups is 1. The fraction of sp³-hybridized carbons (Fsp3) is 0.207. The Bertz CT molecular complexity index is 1650. The molecule has 0 atom stereocenters. The number of rotatable bonds is 7. The highest BCUT2D eigenvalue weighted by molar-refractivity contribution is 8.18. The average Bonchev–Trinajstić information content (AvgIpc) is 3.60. The number of hydrogen-bond acceptors (Lipinski definition) is 7. The summed E-state index contributed by atoms with van der Waals surface area (Å²) in [7, 11) is -3.78. The minimum Gasteiger partial charge on any atom is -0.489 e. The molecule has 0 unspecified atom stereocenters. The number of nitrogens with zero attached hydrogens (tertiary/aromatic N) is 2. The van der Waals surface area contributed by atoms with E-state index in [0.717, 1.165) is 22.0 Å². The predicted octanol–water partition coefficient (Wildman–Crippen LogP) is 3.82. The normalized spacial score (nSPS) is 20.1. The van der Waals surface area contributed by atoms with Crippen molar-refractivity contribution in [1.82, 2.24) is 14.3 Å². The molecule has 1 aliphatic carbocycles. The monoisotopic (exact) mass is 574 g/mol. The maximum absolute atomic E-state index is 12.5. The average molecular weight is 575 g/mol. The van der Waals surface area contributed by atoms with Gasteiger partial charge in [-0.2, -0.15) is 12.7 Å². The molecule has 2 heterocycles. The number of hydrogen-bond donors (Lipinski definition) is 2. The van der Waals surface area contributed by atoms with E-state index in [1.54, 1.807) is 24.3 Å². The number of amides is 2. The predicted molar refractivity (Wildman–Crippen MR) is 154 cm³/mol. The van der Waals surface area contributed by atoms with Gasteiger partial charge in [-0.1, -0.05) is 42.5 Å². The molecule has 2 fully saturated rings. The van der Waals surface area contributed by atoms with Crippen molar-refractivity contribution in [3.8, 4) is 5.75 Å². The van der Waals surface area contributed by atoms with E-state index in [1.165, 1.54) is 41.3 Å². The lowest BCUT2D eigenvalue weighted by molar-refractivity contribution is -0.118. The van der Waals surface area contributed by atoms with Crippen LogP contribution in [0.2, 0.25) is 0 Å². The molecule has 0 saturated carbocycles. The van der Waals surface area contributed by atoms with Gasteiger partial charge < -0.3 is 10.1 Å². The minimum absolute atomic E-state index is 0.0775. The first-order valence-electron chi connectivity index (χ1n) is 12.8. The fourth-order valence-electron chi connectivity index (χ4n) is 4.80. The third-order valence-corrected chi connectivity index (χ3v) is 9.16. The molecule has 3 aromatic carbocycles. The van der Waals surface area contributed by atoms with E-state index < -0.39 is 16.1 Å². The lowest BCUT2D eigenvalue weighted by Crippen LogP contribution is -2.29. The van der Waals surface area contributed by atoms with Gasteiger partial charge in [0.2, 0.25) is 5.91 Å². The van der Waals surface area contributed by atoms with Crippen LogP contribution in [0.5, 0.6) is 5.75 Å². The number of carbonyl (C=O) groups excluding carboxylic acids is 2. The Morgan fingerprint density at radius 3 is 2.45 bits per heavy atom. The number of nitrogens with one attached hydrogen (secondary N) is 2. The van der Waals surface area contributed by atoms with Gasteiger partial charge in [0.05, 0.1) is 17.1 Å². The van der Waals surface area contributed by atoms with Gasteiger partial charge in [0, 0.05) is 6.54 Å². The van der Waals surface area contributed by atoms with Crippen molar-refractivity contribution in [2.24, 2.45) is 4.99 Å². The molecule has 3 aromatic rings. The smallest absolute Gasteiger partial charge is 0.304 e. The van der Waals surface area contributed by atoms with Crippen LogP contribution in [-0.2, 0) is 45.8 Å². The topological polar surface area (TPSA) is 117 Å². The van der Waals surface area contributed by atoms with Crippen molar-refractivity contribution in [3.05, 3.63) is 99.5 Å². The third kappa shape index (κ3) is 5.96. The number of thioether (sulfide) groups is 1. The Labute approximate surface area is 236 Å². The van der Waals surface area contributed by atoms with Crippen molar-refractivity contribution in [2.75, 3.05) is 6.54 Å². The Kier molecular flexibility index (Phi) is 7.18. The maximum atomic E-state index is 12.5. The molecule has 0 radical (unpaired) electrons. The second-order valence-corrected chi connectivity index (χ2v) is 12.5. The van der Waals surface area contributed by atoms with Crippen LogP contribution >= 0.6 is 11.8 Å².